The first-order valence-electron chi connectivity index (χ1n) is 12.7. The van der Waals surface area contributed by atoms with Crippen LogP contribution in [-0.4, -0.2) is 49.5 Å². The van der Waals surface area contributed by atoms with Crippen LogP contribution in [0, 0.1) is 29.2 Å². The molecule has 0 aliphatic carbocycles. The molecule has 0 N–H and O–H groups in total. The lowest BCUT2D eigenvalue weighted by atomic mass is 9.83. The zero-order chi connectivity index (χ0) is 26.7. The molecule has 1 atom stereocenters. The Balaban J connectivity index is 1.28. The molecule has 3 saturated heterocycles. The van der Waals surface area contributed by atoms with E-state index in [1.165, 1.54) is 36.4 Å². The highest BCUT2D eigenvalue weighted by molar-refractivity contribution is 5.87. The van der Waals surface area contributed by atoms with E-state index in [4.69, 9.17) is 9.47 Å². The van der Waals surface area contributed by atoms with E-state index in [2.05, 4.69) is 0 Å². The van der Waals surface area contributed by atoms with Crippen molar-refractivity contribution in [3.63, 3.8) is 0 Å². The first kappa shape index (κ1) is 26.0. The second kappa shape index (κ2) is 11.0. The lowest BCUT2D eigenvalue weighted by Crippen LogP contribution is -2.65. The fraction of sp³-hybridized carbons (Fsp3) is 0.345. The number of amides is 1. The quantitative estimate of drug-likeness (QED) is 0.263. The summed E-state index contributed by atoms with van der Waals surface area (Å²) in [7, 11) is 0. The van der Waals surface area contributed by atoms with Crippen LogP contribution < -0.4 is 9.64 Å². The summed E-state index contributed by atoms with van der Waals surface area (Å²) in [6.45, 7) is 3.46. The fourth-order valence-corrected chi connectivity index (χ4v) is 5.49. The summed E-state index contributed by atoms with van der Waals surface area (Å²) in [5, 5.41) is 0. The number of halogens is 4. The van der Waals surface area contributed by atoms with Crippen LogP contribution in [0.4, 0.5) is 28.0 Å². The van der Waals surface area contributed by atoms with Gasteiger partial charge >= 0.3 is 6.09 Å². The maximum Gasteiger partial charge on any atom is 0.415 e. The molecule has 3 aromatic carbocycles. The van der Waals surface area contributed by atoms with Crippen LogP contribution in [0.25, 0.3) is 0 Å². The van der Waals surface area contributed by atoms with Crippen LogP contribution in [0.3, 0.4) is 0 Å². The van der Waals surface area contributed by atoms with Crippen molar-refractivity contribution in [1.82, 2.24) is 0 Å². The molecule has 3 aliphatic heterocycles. The topological polar surface area (TPSA) is 38.8 Å². The molecule has 0 spiro atoms. The third kappa shape index (κ3) is 5.78. The number of carbonyl (C=O) groups excluding carboxylic acids is 1. The van der Waals surface area contributed by atoms with Gasteiger partial charge in [-0.15, -0.1) is 0 Å². The Morgan fingerprint density at radius 3 is 2.34 bits per heavy atom. The van der Waals surface area contributed by atoms with Crippen molar-refractivity contribution in [3.8, 4) is 5.75 Å². The van der Waals surface area contributed by atoms with E-state index >= 15 is 0 Å². The number of anilines is 1. The number of hydrogen-bond acceptors (Lipinski definition) is 3. The maximum absolute atomic E-state index is 14.7. The van der Waals surface area contributed by atoms with Crippen LogP contribution in [0.1, 0.15) is 18.4 Å². The Kier molecular flexibility index (Phi) is 7.56. The monoisotopic (exact) mass is 529 g/mol. The number of rotatable bonds is 8. The SMILES string of the molecule is O=C(O[C@H]1C[N+]2(CCOc3ccc(F)cc3)CCC1CC2)N(Cc1ccc(F)c(F)c1)c1ccccc1F. The minimum absolute atomic E-state index is 0.0000953. The van der Waals surface area contributed by atoms with Crippen molar-refractivity contribution in [2.45, 2.75) is 25.5 Å². The van der Waals surface area contributed by atoms with Gasteiger partial charge in [-0.2, -0.15) is 0 Å². The summed E-state index contributed by atoms with van der Waals surface area (Å²) < 4.78 is 67.7. The minimum atomic E-state index is -1.05. The van der Waals surface area contributed by atoms with Gasteiger partial charge in [-0.25, -0.2) is 22.4 Å². The van der Waals surface area contributed by atoms with E-state index in [1.807, 2.05) is 0 Å². The van der Waals surface area contributed by atoms with Gasteiger partial charge in [0.15, 0.2) is 17.7 Å². The number of ether oxygens (including phenoxy) is 2. The normalized spacial score (nSPS) is 22.2. The molecule has 200 valence electrons. The Morgan fingerprint density at radius 2 is 1.63 bits per heavy atom. The number of carbonyl (C=O) groups is 1. The molecule has 9 heteroatoms. The Labute approximate surface area is 218 Å². The van der Waals surface area contributed by atoms with Crippen molar-refractivity contribution in [2.24, 2.45) is 5.92 Å². The Bertz CT molecular complexity index is 1280. The number of nitrogens with zero attached hydrogens (tertiary/aromatic N) is 2. The average molecular weight is 530 g/mol. The third-order valence-electron chi connectivity index (χ3n) is 7.63. The largest absolute Gasteiger partial charge is 0.488 e. The van der Waals surface area contributed by atoms with Gasteiger partial charge in [0, 0.05) is 18.8 Å². The van der Waals surface area contributed by atoms with Gasteiger partial charge in [0.05, 0.1) is 25.3 Å². The lowest BCUT2D eigenvalue weighted by Gasteiger charge is -2.52. The fourth-order valence-electron chi connectivity index (χ4n) is 5.49. The molecular weight excluding hydrogens is 500 g/mol. The summed E-state index contributed by atoms with van der Waals surface area (Å²) in [6, 6.07) is 15.0. The summed E-state index contributed by atoms with van der Waals surface area (Å²) in [5.41, 5.74) is 0.305. The van der Waals surface area contributed by atoms with Crippen molar-refractivity contribution < 1.29 is 36.3 Å². The number of piperidine rings is 3. The van der Waals surface area contributed by atoms with Gasteiger partial charge in [-0.3, -0.25) is 4.90 Å². The van der Waals surface area contributed by atoms with Crippen molar-refractivity contribution in [3.05, 3.63) is 95.6 Å². The van der Waals surface area contributed by atoms with Gasteiger partial charge in [-0.05, 0) is 54.1 Å². The predicted molar refractivity (Wildman–Crippen MR) is 134 cm³/mol. The highest BCUT2D eigenvalue weighted by atomic mass is 19.2. The number of para-hydroxylation sites is 1. The molecule has 3 aliphatic rings. The molecule has 3 heterocycles. The third-order valence-corrected chi connectivity index (χ3v) is 7.63. The van der Waals surface area contributed by atoms with Crippen LogP contribution in [0.2, 0.25) is 0 Å². The molecule has 3 aromatic rings. The standard InChI is InChI=1S/C29H29F4N2O3/c30-22-6-8-23(9-7-22)37-16-15-35-13-11-21(12-14-35)28(19-35)38-29(36)34(27-4-2-1-3-25(27)32)18-20-5-10-24(31)26(33)17-20/h1-10,17,21,28H,11-16,18-19H2/q+1/t21?,28-,35?/m0/s1. The van der Waals surface area contributed by atoms with Crippen LogP contribution in [-0.2, 0) is 11.3 Å². The summed E-state index contributed by atoms with van der Waals surface area (Å²) in [5.74, 6) is -2.20. The summed E-state index contributed by atoms with van der Waals surface area (Å²) in [6.07, 6.45) is 0.670. The first-order valence-corrected chi connectivity index (χ1v) is 12.7. The summed E-state index contributed by atoms with van der Waals surface area (Å²) in [4.78, 5) is 14.6. The van der Waals surface area contributed by atoms with E-state index in [-0.39, 0.29) is 30.1 Å². The molecule has 0 aromatic heterocycles. The number of fused-ring (bicyclic) bond motifs is 3. The van der Waals surface area contributed by atoms with E-state index in [0.717, 1.165) is 47.4 Å². The van der Waals surface area contributed by atoms with Crippen LogP contribution in [0.15, 0.2) is 66.7 Å². The Hall–Kier alpha value is -3.59. The molecule has 2 bridgehead atoms. The van der Waals surface area contributed by atoms with Gasteiger partial charge in [0.25, 0.3) is 0 Å². The number of quaternary nitrogens is 1. The van der Waals surface area contributed by atoms with Crippen molar-refractivity contribution in [2.75, 3.05) is 37.7 Å². The molecule has 0 saturated carbocycles. The zero-order valence-electron chi connectivity index (χ0n) is 20.8. The lowest BCUT2D eigenvalue weighted by molar-refractivity contribution is -0.946. The maximum atomic E-state index is 14.7. The Morgan fingerprint density at radius 1 is 0.895 bits per heavy atom. The molecule has 5 nitrogen and oxygen atoms in total. The average Bonchev–Trinajstić information content (AvgIpc) is 2.91. The molecule has 38 heavy (non-hydrogen) atoms. The van der Waals surface area contributed by atoms with Crippen LogP contribution in [0.5, 0.6) is 5.75 Å². The predicted octanol–water partition coefficient (Wildman–Crippen LogP) is 6.07. The van der Waals surface area contributed by atoms with E-state index in [9.17, 15) is 22.4 Å². The van der Waals surface area contributed by atoms with Crippen molar-refractivity contribution in [1.29, 1.82) is 0 Å². The molecule has 1 amide bonds. The number of benzene rings is 3. The van der Waals surface area contributed by atoms with E-state index < -0.39 is 23.5 Å². The second-order valence-corrected chi connectivity index (χ2v) is 10.0. The second-order valence-electron chi connectivity index (χ2n) is 10.0. The van der Waals surface area contributed by atoms with Crippen molar-refractivity contribution >= 4 is 11.8 Å². The van der Waals surface area contributed by atoms with Gasteiger partial charge in [-0.1, -0.05) is 18.2 Å². The molecule has 0 radical (unpaired) electrons. The van der Waals surface area contributed by atoms with Crippen LogP contribution >= 0.6 is 0 Å². The van der Waals surface area contributed by atoms with Gasteiger partial charge in [0.1, 0.15) is 37.1 Å². The van der Waals surface area contributed by atoms with E-state index in [1.54, 1.807) is 18.2 Å². The van der Waals surface area contributed by atoms with Gasteiger partial charge in [0.2, 0.25) is 0 Å². The first-order chi connectivity index (χ1) is 18.3. The number of hydrogen-bond donors (Lipinski definition) is 0. The molecule has 3 fully saturated rings. The minimum Gasteiger partial charge on any atom is -0.488 e. The molecule has 6 rings (SSSR count). The zero-order valence-corrected chi connectivity index (χ0v) is 20.8. The highest BCUT2D eigenvalue weighted by Gasteiger charge is 2.48. The molecule has 0 unspecified atom stereocenters. The molecular formula is C29H29F4N2O3+. The smallest absolute Gasteiger partial charge is 0.415 e. The highest BCUT2D eigenvalue weighted by Crippen LogP contribution is 2.36. The van der Waals surface area contributed by atoms with E-state index in [0.29, 0.717) is 31.0 Å². The summed E-state index contributed by atoms with van der Waals surface area (Å²) >= 11 is 0. The van der Waals surface area contributed by atoms with Gasteiger partial charge < -0.3 is 14.0 Å².